The Morgan fingerprint density at radius 3 is 1.96 bits per heavy atom. The largest absolute Gasteiger partial charge is 0.302 e. The van der Waals surface area contributed by atoms with E-state index in [4.69, 9.17) is 0 Å². The van der Waals surface area contributed by atoms with Crippen molar-refractivity contribution < 1.29 is 4.79 Å². The Morgan fingerprint density at radius 1 is 0.920 bits per heavy atom. The quantitative estimate of drug-likeness (QED) is 0.575. The summed E-state index contributed by atoms with van der Waals surface area (Å²) in [6.45, 7) is 8.33. The monoisotopic (exact) mass is 337 g/mol. The number of hydrogen-bond acceptors (Lipinski definition) is 2. The van der Waals surface area contributed by atoms with Gasteiger partial charge in [-0.1, -0.05) is 62.4 Å². The van der Waals surface area contributed by atoms with Gasteiger partial charge in [0.1, 0.15) is 0 Å². The average Bonchev–Trinajstić information content (AvgIpc) is 2.57. The van der Waals surface area contributed by atoms with Gasteiger partial charge in [0, 0.05) is 12.1 Å². The molecule has 134 valence electrons. The van der Waals surface area contributed by atoms with E-state index in [9.17, 15) is 4.79 Å². The summed E-state index contributed by atoms with van der Waals surface area (Å²) in [6.07, 6.45) is 3.47. The number of Topliss-reactive ketones (excluding diaryl/α,β-unsaturated/α-hetero) is 1. The second kappa shape index (κ2) is 9.53. The molecule has 0 heterocycles. The number of hydrogen-bond donors (Lipinski definition) is 0. The Morgan fingerprint density at radius 2 is 1.44 bits per heavy atom. The highest BCUT2D eigenvalue weighted by molar-refractivity contribution is 5.94. The van der Waals surface area contributed by atoms with Gasteiger partial charge in [-0.05, 0) is 62.4 Å². The predicted octanol–water partition coefficient (Wildman–Crippen LogP) is 5.35. The molecule has 2 nitrogen and oxygen atoms in total. The van der Waals surface area contributed by atoms with E-state index < -0.39 is 0 Å². The summed E-state index contributed by atoms with van der Waals surface area (Å²) in [5.41, 5.74) is 4.69. The molecule has 2 aromatic rings. The second-order valence-electron chi connectivity index (χ2n) is 7.52. The standard InChI is InChI=1S/C23H31NO/c1-18(2)6-5-15-24(4)17-22-9-7-20(8-10-22)16-21-11-13-23(14-12-21)19(3)25/h7-14,18H,5-6,15-17H2,1-4H3. The van der Waals surface area contributed by atoms with E-state index in [1.807, 2.05) is 24.3 Å². The lowest BCUT2D eigenvalue weighted by Gasteiger charge is -2.17. The summed E-state index contributed by atoms with van der Waals surface area (Å²) in [5, 5.41) is 0. The summed E-state index contributed by atoms with van der Waals surface area (Å²) in [5.74, 6) is 0.908. The number of rotatable bonds is 9. The van der Waals surface area contributed by atoms with Crippen molar-refractivity contribution in [3.63, 3.8) is 0 Å². The van der Waals surface area contributed by atoms with Crippen LogP contribution in [0, 0.1) is 5.92 Å². The van der Waals surface area contributed by atoms with Crippen LogP contribution >= 0.6 is 0 Å². The molecule has 0 amide bonds. The number of carbonyl (C=O) groups is 1. The molecule has 2 rings (SSSR count). The van der Waals surface area contributed by atoms with Crippen LogP contribution in [0.4, 0.5) is 0 Å². The first kappa shape index (κ1) is 19.4. The van der Waals surface area contributed by atoms with Gasteiger partial charge in [-0.3, -0.25) is 4.79 Å². The average molecular weight is 338 g/mol. The van der Waals surface area contributed by atoms with Crippen LogP contribution < -0.4 is 0 Å². The number of benzene rings is 2. The number of carbonyl (C=O) groups excluding carboxylic acids is 1. The van der Waals surface area contributed by atoms with E-state index in [1.54, 1.807) is 6.92 Å². The highest BCUT2D eigenvalue weighted by Crippen LogP contribution is 2.14. The third kappa shape index (κ3) is 6.83. The molecule has 2 aromatic carbocycles. The third-order valence-corrected chi connectivity index (χ3v) is 4.57. The van der Waals surface area contributed by atoms with E-state index in [0.29, 0.717) is 0 Å². The maximum Gasteiger partial charge on any atom is 0.159 e. The zero-order valence-corrected chi connectivity index (χ0v) is 16.1. The van der Waals surface area contributed by atoms with Gasteiger partial charge in [0.25, 0.3) is 0 Å². The van der Waals surface area contributed by atoms with E-state index >= 15 is 0 Å². The fourth-order valence-corrected chi connectivity index (χ4v) is 3.02. The Hall–Kier alpha value is -1.93. The van der Waals surface area contributed by atoms with E-state index in [-0.39, 0.29) is 5.78 Å². The second-order valence-corrected chi connectivity index (χ2v) is 7.52. The van der Waals surface area contributed by atoms with Gasteiger partial charge in [-0.2, -0.15) is 0 Å². The fraction of sp³-hybridized carbons (Fsp3) is 0.435. The van der Waals surface area contributed by atoms with Crippen LogP contribution in [-0.4, -0.2) is 24.3 Å². The molecule has 0 aliphatic carbocycles. The van der Waals surface area contributed by atoms with Gasteiger partial charge >= 0.3 is 0 Å². The fourth-order valence-electron chi connectivity index (χ4n) is 3.02. The van der Waals surface area contributed by atoms with Gasteiger partial charge in [0.2, 0.25) is 0 Å². The highest BCUT2D eigenvalue weighted by Gasteiger charge is 2.03. The lowest BCUT2D eigenvalue weighted by atomic mass is 10.0. The van der Waals surface area contributed by atoms with Crippen molar-refractivity contribution in [3.05, 3.63) is 70.8 Å². The van der Waals surface area contributed by atoms with Crippen LogP contribution in [0.1, 0.15) is 60.7 Å². The third-order valence-electron chi connectivity index (χ3n) is 4.57. The molecule has 0 aliphatic rings. The summed E-state index contributed by atoms with van der Waals surface area (Å²) in [4.78, 5) is 13.7. The van der Waals surface area contributed by atoms with Crippen molar-refractivity contribution in [3.8, 4) is 0 Å². The van der Waals surface area contributed by atoms with Gasteiger partial charge in [0.05, 0.1) is 0 Å². The molecule has 0 aliphatic heterocycles. The van der Waals surface area contributed by atoms with Gasteiger partial charge in [-0.25, -0.2) is 0 Å². The minimum atomic E-state index is 0.119. The minimum absolute atomic E-state index is 0.119. The maximum absolute atomic E-state index is 11.3. The summed E-state index contributed by atoms with van der Waals surface area (Å²) in [6, 6.07) is 16.8. The summed E-state index contributed by atoms with van der Waals surface area (Å²) >= 11 is 0. The van der Waals surface area contributed by atoms with Crippen LogP contribution in [0.15, 0.2) is 48.5 Å². The van der Waals surface area contributed by atoms with E-state index in [2.05, 4.69) is 50.1 Å². The molecule has 2 heteroatoms. The van der Waals surface area contributed by atoms with Crippen molar-refractivity contribution in [2.75, 3.05) is 13.6 Å². The normalized spacial score (nSPS) is 11.3. The van der Waals surface area contributed by atoms with Crippen molar-refractivity contribution in [1.82, 2.24) is 4.90 Å². The van der Waals surface area contributed by atoms with E-state index in [1.165, 1.54) is 29.5 Å². The Kier molecular flexibility index (Phi) is 7.39. The molecule has 0 unspecified atom stereocenters. The van der Waals surface area contributed by atoms with Gasteiger partial charge < -0.3 is 4.90 Å². The zero-order chi connectivity index (χ0) is 18.2. The molecule has 0 spiro atoms. The smallest absolute Gasteiger partial charge is 0.159 e. The van der Waals surface area contributed by atoms with Gasteiger partial charge in [0.15, 0.2) is 5.78 Å². The number of ketones is 1. The Bertz CT molecular complexity index is 655. The number of nitrogens with zero attached hydrogens (tertiary/aromatic N) is 1. The molecular weight excluding hydrogens is 306 g/mol. The lowest BCUT2D eigenvalue weighted by Crippen LogP contribution is -2.19. The molecule has 0 atom stereocenters. The maximum atomic E-state index is 11.3. The highest BCUT2D eigenvalue weighted by atomic mass is 16.1. The van der Waals surface area contributed by atoms with Gasteiger partial charge in [-0.15, -0.1) is 0 Å². The molecule has 0 aromatic heterocycles. The van der Waals surface area contributed by atoms with Crippen LogP contribution in [-0.2, 0) is 13.0 Å². The Labute approximate surface area is 152 Å². The van der Waals surface area contributed by atoms with Crippen molar-refractivity contribution in [1.29, 1.82) is 0 Å². The van der Waals surface area contributed by atoms with Crippen molar-refractivity contribution >= 4 is 5.78 Å². The molecular formula is C23H31NO. The molecule has 0 N–H and O–H groups in total. The SMILES string of the molecule is CC(=O)c1ccc(Cc2ccc(CN(C)CCCC(C)C)cc2)cc1. The van der Waals surface area contributed by atoms with E-state index in [0.717, 1.165) is 31.0 Å². The van der Waals surface area contributed by atoms with Crippen LogP contribution in [0.25, 0.3) is 0 Å². The first-order valence-electron chi connectivity index (χ1n) is 9.30. The molecule has 0 saturated heterocycles. The first-order chi connectivity index (χ1) is 11.9. The predicted molar refractivity (Wildman–Crippen MR) is 106 cm³/mol. The van der Waals surface area contributed by atoms with Crippen LogP contribution in [0.3, 0.4) is 0 Å². The molecule has 0 bridgehead atoms. The lowest BCUT2D eigenvalue weighted by molar-refractivity contribution is 0.101. The topological polar surface area (TPSA) is 20.3 Å². The Balaban J connectivity index is 1.85. The first-order valence-corrected chi connectivity index (χ1v) is 9.30. The summed E-state index contributed by atoms with van der Waals surface area (Å²) < 4.78 is 0. The summed E-state index contributed by atoms with van der Waals surface area (Å²) in [7, 11) is 2.20. The molecule has 25 heavy (non-hydrogen) atoms. The zero-order valence-electron chi connectivity index (χ0n) is 16.1. The molecule has 0 radical (unpaired) electrons. The van der Waals surface area contributed by atoms with Crippen LogP contribution in [0.5, 0.6) is 0 Å². The minimum Gasteiger partial charge on any atom is -0.302 e. The molecule has 0 fully saturated rings. The van der Waals surface area contributed by atoms with Crippen molar-refractivity contribution in [2.24, 2.45) is 5.92 Å². The van der Waals surface area contributed by atoms with Crippen LogP contribution in [0.2, 0.25) is 0 Å². The molecule has 0 saturated carbocycles. The van der Waals surface area contributed by atoms with Crippen molar-refractivity contribution in [2.45, 2.75) is 46.6 Å².